The van der Waals surface area contributed by atoms with Gasteiger partial charge in [0.1, 0.15) is 0 Å². The molecule has 0 bridgehead atoms. The Balaban J connectivity index is 2.01. The van der Waals surface area contributed by atoms with Gasteiger partial charge in [-0.1, -0.05) is 6.07 Å². The average molecular weight is 180 g/mol. The highest BCUT2D eigenvalue weighted by Gasteiger charge is 2.22. The monoisotopic (exact) mass is 180 g/mol. The van der Waals surface area contributed by atoms with Crippen LogP contribution in [-0.4, -0.2) is 6.61 Å². The number of halogens is 1. The van der Waals surface area contributed by atoms with Crippen molar-refractivity contribution in [2.24, 2.45) is 5.92 Å². The lowest BCUT2D eigenvalue weighted by Gasteiger charge is -2.06. The first-order valence-corrected chi connectivity index (χ1v) is 4.64. The Labute approximate surface area is 77.5 Å². The zero-order valence-corrected chi connectivity index (χ0v) is 7.72. The smallest absolute Gasteiger partial charge is 0.165 e. The fraction of sp³-hybridized carbons (Fsp3) is 0.455. The molecule has 0 N–H and O–H groups in total. The lowest BCUT2D eigenvalue weighted by atomic mass is 10.2. The molecule has 0 saturated heterocycles. The second kappa shape index (κ2) is 3.36. The molecule has 1 aromatic rings. The fourth-order valence-electron chi connectivity index (χ4n) is 1.22. The van der Waals surface area contributed by atoms with Crippen molar-refractivity contribution in [1.29, 1.82) is 0 Å². The molecular formula is C11H13FO. The van der Waals surface area contributed by atoms with Crippen LogP contribution in [0.4, 0.5) is 4.39 Å². The maximum Gasteiger partial charge on any atom is 0.165 e. The highest BCUT2D eigenvalue weighted by Crippen LogP contribution is 2.30. The Hall–Kier alpha value is -1.05. The van der Waals surface area contributed by atoms with Crippen molar-refractivity contribution < 1.29 is 9.13 Å². The highest BCUT2D eigenvalue weighted by atomic mass is 19.1. The van der Waals surface area contributed by atoms with Crippen LogP contribution in [0.15, 0.2) is 18.2 Å². The molecule has 1 aromatic carbocycles. The third kappa shape index (κ3) is 2.20. The molecule has 0 unspecified atom stereocenters. The van der Waals surface area contributed by atoms with E-state index < -0.39 is 0 Å². The van der Waals surface area contributed by atoms with Gasteiger partial charge in [-0.2, -0.15) is 0 Å². The molecule has 0 heterocycles. The Kier molecular flexibility index (Phi) is 2.21. The Morgan fingerprint density at radius 1 is 1.46 bits per heavy atom. The van der Waals surface area contributed by atoms with Gasteiger partial charge in [0.15, 0.2) is 11.6 Å². The second-order valence-electron chi connectivity index (χ2n) is 3.69. The van der Waals surface area contributed by atoms with Gasteiger partial charge in [0.05, 0.1) is 6.61 Å². The molecule has 0 aliphatic heterocycles. The van der Waals surface area contributed by atoms with Crippen molar-refractivity contribution in [3.63, 3.8) is 0 Å². The molecule has 1 saturated carbocycles. The van der Waals surface area contributed by atoms with Crippen molar-refractivity contribution in [2.45, 2.75) is 19.8 Å². The minimum absolute atomic E-state index is 0.249. The Morgan fingerprint density at radius 2 is 2.23 bits per heavy atom. The maximum absolute atomic E-state index is 13.2. The second-order valence-corrected chi connectivity index (χ2v) is 3.69. The SMILES string of the molecule is Cc1ccc(OCC2CC2)c(F)c1. The van der Waals surface area contributed by atoms with E-state index in [4.69, 9.17) is 4.74 Å². The van der Waals surface area contributed by atoms with Gasteiger partial charge in [-0.25, -0.2) is 4.39 Å². The molecule has 1 aliphatic rings. The number of benzene rings is 1. The number of hydrogen-bond donors (Lipinski definition) is 0. The van der Waals surface area contributed by atoms with Gasteiger partial charge in [-0.15, -0.1) is 0 Å². The molecular weight excluding hydrogens is 167 g/mol. The van der Waals surface area contributed by atoms with Gasteiger partial charge in [0.2, 0.25) is 0 Å². The minimum Gasteiger partial charge on any atom is -0.490 e. The highest BCUT2D eigenvalue weighted by molar-refractivity contribution is 5.28. The lowest BCUT2D eigenvalue weighted by Crippen LogP contribution is -2.00. The molecule has 0 aromatic heterocycles. The zero-order chi connectivity index (χ0) is 9.26. The van der Waals surface area contributed by atoms with Gasteiger partial charge < -0.3 is 4.74 Å². The summed E-state index contributed by atoms with van der Waals surface area (Å²) in [5.74, 6) is 0.804. The van der Waals surface area contributed by atoms with E-state index in [0.717, 1.165) is 5.56 Å². The largest absolute Gasteiger partial charge is 0.490 e. The van der Waals surface area contributed by atoms with Gasteiger partial charge in [0, 0.05) is 0 Å². The molecule has 1 nitrogen and oxygen atoms in total. The lowest BCUT2D eigenvalue weighted by molar-refractivity contribution is 0.285. The standard InChI is InChI=1S/C11H13FO/c1-8-2-5-11(10(12)6-8)13-7-9-3-4-9/h2,5-6,9H,3-4,7H2,1H3. The number of hydrogen-bond acceptors (Lipinski definition) is 1. The average Bonchev–Trinajstić information content (AvgIpc) is 2.86. The predicted octanol–water partition coefficient (Wildman–Crippen LogP) is 2.92. The summed E-state index contributed by atoms with van der Waals surface area (Å²) in [6.45, 7) is 2.54. The fourth-order valence-corrected chi connectivity index (χ4v) is 1.22. The third-order valence-electron chi connectivity index (χ3n) is 2.26. The van der Waals surface area contributed by atoms with Crippen molar-refractivity contribution >= 4 is 0 Å². The Morgan fingerprint density at radius 3 is 2.85 bits per heavy atom. The van der Waals surface area contributed by atoms with E-state index in [1.54, 1.807) is 6.07 Å². The minimum atomic E-state index is -0.249. The molecule has 0 amide bonds. The molecule has 0 radical (unpaired) electrons. The van der Waals surface area contributed by atoms with Crippen molar-refractivity contribution in [3.8, 4) is 5.75 Å². The van der Waals surface area contributed by atoms with E-state index in [9.17, 15) is 4.39 Å². The normalized spacial score (nSPS) is 15.8. The summed E-state index contributed by atoms with van der Waals surface area (Å²) in [7, 11) is 0. The van der Waals surface area contributed by atoms with Crippen LogP contribution in [0.2, 0.25) is 0 Å². The Bertz CT molecular complexity index is 305. The molecule has 70 valence electrons. The van der Waals surface area contributed by atoms with Crippen LogP contribution in [0.5, 0.6) is 5.75 Å². The third-order valence-corrected chi connectivity index (χ3v) is 2.26. The van der Waals surface area contributed by atoms with Gasteiger partial charge in [-0.3, -0.25) is 0 Å². The molecule has 1 fully saturated rings. The van der Waals surface area contributed by atoms with Crippen LogP contribution in [-0.2, 0) is 0 Å². The maximum atomic E-state index is 13.2. The molecule has 0 spiro atoms. The molecule has 13 heavy (non-hydrogen) atoms. The topological polar surface area (TPSA) is 9.23 Å². The van der Waals surface area contributed by atoms with Crippen LogP contribution < -0.4 is 4.74 Å². The molecule has 1 aliphatic carbocycles. The van der Waals surface area contributed by atoms with E-state index in [2.05, 4.69) is 0 Å². The molecule has 2 heteroatoms. The van der Waals surface area contributed by atoms with E-state index in [1.165, 1.54) is 18.9 Å². The number of rotatable bonds is 3. The summed E-state index contributed by atoms with van der Waals surface area (Å²) in [6, 6.07) is 5.07. The first-order valence-electron chi connectivity index (χ1n) is 4.64. The summed E-state index contributed by atoms with van der Waals surface area (Å²) in [5.41, 5.74) is 0.927. The first kappa shape index (κ1) is 8.54. The van der Waals surface area contributed by atoms with Crippen molar-refractivity contribution in [2.75, 3.05) is 6.61 Å². The summed E-state index contributed by atoms with van der Waals surface area (Å²) in [5, 5.41) is 0. The summed E-state index contributed by atoms with van der Waals surface area (Å²) in [4.78, 5) is 0. The van der Waals surface area contributed by atoms with E-state index in [1.807, 2.05) is 13.0 Å². The van der Waals surface area contributed by atoms with Crippen LogP contribution in [0.1, 0.15) is 18.4 Å². The van der Waals surface area contributed by atoms with Crippen LogP contribution in [0.25, 0.3) is 0 Å². The first-order chi connectivity index (χ1) is 6.25. The van der Waals surface area contributed by atoms with E-state index in [0.29, 0.717) is 18.3 Å². The molecule has 0 atom stereocenters. The van der Waals surface area contributed by atoms with Gasteiger partial charge in [0.25, 0.3) is 0 Å². The quantitative estimate of drug-likeness (QED) is 0.695. The van der Waals surface area contributed by atoms with Crippen molar-refractivity contribution in [1.82, 2.24) is 0 Å². The van der Waals surface area contributed by atoms with Crippen LogP contribution in [0.3, 0.4) is 0 Å². The van der Waals surface area contributed by atoms with E-state index >= 15 is 0 Å². The van der Waals surface area contributed by atoms with Gasteiger partial charge in [-0.05, 0) is 43.4 Å². The number of aryl methyl sites for hydroxylation is 1. The van der Waals surface area contributed by atoms with Crippen molar-refractivity contribution in [3.05, 3.63) is 29.6 Å². The zero-order valence-electron chi connectivity index (χ0n) is 7.72. The summed E-state index contributed by atoms with van der Waals surface area (Å²) < 4.78 is 18.5. The van der Waals surface area contributed by atoms with Crippen LogP contribution >= 0.6 is 0 Å². The predicted molar refractivity (Wildman–Crippen MR) is 49.4 cm³/mol. The van der Waals surface area contributed by atoms with E-state index in [-0.39, 0.29) is 5.82 Å². The van der Waals surface area contributed by atoms with Gasteiger partial charge >= 0.3 is 0 Å². The molecule has 2 rings (SSSR count). The van der Waals surface area contributed by atoms with Crippen LogP contribution in [0, 0.1) is 18.7 Å². The number of ether oxygens (including phenoxy) is 1. The summed E-state index contributed by atoms with van der Waals surface area (Å²) >= 11 is 0. The summed E-state index contributed by atoms with van der Waals surface area (Å²) in [6.07, 6.45) is 2.46.